The van der Waals surface area contributed by atoms with Crippen molar-refractivity contribution < 1.29 is 4.74 Å². The Hall–Kier alpha value is -2.73. The molecule has 0 saturated carbocycles. The highest BCUT2D eigenvalue weighted by Gasteiger charge is 2.25. The number of likely N-dealkylation sites (tertiary alicyclic amines) is 1. The van der Waals surface area contributed by atoms with Gasteiger partial charge in [0.05, 0.1) is 13.2 Å². The van der Waals surface area contributed by atoms with Gasteiger partial charge in [-0.15, -0.1) is 0 Å². The first-order chi connectivity index (χ1) is 15.8. The van der Waals surface area contributed by atoms with Gasteiger partial charge in [-0.05, 0) is 56.0 Å². The Balaban J connectivity index is 1.28. The van der Waals surface area contributed by atoms with Crippen molar-refractivity contribution in [1.29, 1.82) is 0 Å². The fraction of sp³-hybridized carbons (Fsp3) is 0.500. The molecule has 172 valence electrons. The molecule has 32 heavy (non-hydrogen) atoms. The molecule has 0 aliphatic carbocycles. The topological polar surface area (TPSA) is 52.1 Å². The van der Waals surface area contributed by atoms with Gasteiger partial charge < -0.3 is 20.3 Å². The quantitative estimate of drug-likeness (QED) is 0.491. The molecule has 2 N–H and O–H groups in total. The fourth-order valence-corrected chi connectivity index (χ4v) is 4.88. The molecule has 0 radical (unpaired) electrons. The van der Waals surface area contributed by atoms with Gasteiger partial charge in [0.25, 0.3) is 0 Å². The van der Waals surface area contributed by atoms with Crippen LogP contribution in [0.2, 0.25) is 0 Å². The molecule has 2 heterocycles. The minimum atomic E-state index is 0.382. The first kappa shape index (κ1) is 22.5. The predicted molar refractivity (Wildman–Crippen MR) is 133 cm³/mol. The van der Waals surface area contributed by atoms with Gasteiger partial charge in [0, 0.05) is 45.0 Å². The average molecular weight is 436 g/mol. The second-order valence-corrected chi connectivity index (χ2v) is 8.81. The summed E-state index contributed by atoms with van der Waals surface area (Å²) in [4.78, 5) is 9.53. The summed E-state index contributed by atoms with van der Waals surface area (Å²) >= 11 is 0. The molecule has 0 bridgehead atoms. The van der Waals surface area contributed by atoms with Crippen molar-refractivity contribution >= 4 is 11.6 Å². The number of methoxy groups -OCH3 is 1. The Kier molecular flexibility index (Phi) is 7.88. The molecule has 0 spiro atoms. The van der Waals surface area contributed by atoms with Crippen LogP contribution in [0.25, 0.3) is 0 Å². The molecule has 2 saturated heterocycles. The summed E-state index contributed by atoms with van der Waals surface area (Å²) in [6, 6.07) is 19.6. The van der Waals surface area contributed by atoms with Crippen LogP contribution in [0.5, 0.6) is 5.75 Å². The summed E-state index contributed by atoms with van der Waals surface area (Å²) in [6.45, 7) is 6.28. The van der Waals surface area contributed by atoms with E-state index in [4.69, 9.17) is 4.74 Å². The lowest BCUT2D eigenvalue weighted by Crippen LogP contribution is -2.44. The number of guanidine groups is 1. The molecule has 0 aromatic heterocycles. The molecule has 6 heteroatoms. The lowest BCUT2D eigenvalue weighted by Gasteiger charge is -2.29. The van der Waals surface area contributed by atoms with Gasteiger partial charge in [-0.2, -0.15) is 0 Å². The van der Waals surface area contributed by atoms with Gasteiger partial charge in [0.2, 0.25) is 0 Å². The number of aliphatic imine (C=N–C) groups is 1. The van der Waals surface area contributed by atoms with Crippen molar-refractivity contribution in [2.24, 2.45) is 10.9 Å². The van der Waals surface area contributed by atoms with Gasteiger partial charge in [-0.25, -0.2) is 0 Å². The number of rotatable bonds is 8. The predicted octanol–water partition coefficient (Wildman–Crippen LogP) is 3.52. The Morgan fingerprint density at radius 3 is 2.62 bits per heavy atom. The van der Waals surface area contributed by atoms with Crippen LogP contribution in [0.4, 0.5) is 5.69 Å². The van der Waals surface area contributed by atoms with Gasteiger partial charge in [0.15, 0.2) is 5.96 Å². The second kappa shape index (κ2) is 11.2. The third-order valence-corrected chi connectivity index (χ3v) is 6.71. The number of hydrogen-bond acceptors (Lipinski definition) is 4. The fourth-order valence-electron chi connectivity index (χ4n) is 4.88. The van der Waals surface area contributed by atoms with Crippen LogP contribution in [-0.4, -0.2) is 64.3 Å². The Morgan fingerprint density at radius 2 is 1.88 bits per heavy atom. The van der Waals surface area contributed by atoms with E-state index in [0.717, 1.165) is 37.9 Å². The standard InChI is InChI=1S/C26H37N5O/c1-27-26(29-19-25(30-14-6-7-15-30)22-9-4-3-5-10-22)28-18-21-13-16-31(20-21)23-11-8-12-24(17-23)32-2/h3-5,8-12,17,21,25H,6-7,13-16,18-20H2,1-2H3,(H2,27,28,29). The summed E-state index contributed by atoms with van der Waals surface area (Å²) in [5.41, 5.74) is 2.62. The smallest absolute Gasteiger partial charge is 0.191 e. The van der Waals surface area contributed by atoms with E-state index >= 15 is 0 Å². The van der Waals surface area contributed by atoms with E-state index < -0.39 is 0 Å². The molecule has 2 aromatic rings. The number of hydrogen-bond donors (Lipinski definition) is 2. The monoisotopic (exact) mass is 435 g/mol. The highest BCUT2D eigenvalue weighted by molar-refractivity contribution is 5.79. The molecular weight excluding hydrogens is 398 g/mol. The molecule has 2 unspecified atom stereocenters. The van der Waals surface area contributed by atoms with Gasteiger partial charge in [-0.3, -0.25) is 9.89 Å². The molecule has 6 nitrogen and oxygen atoms in total. The second-order valence-electron chi connectivity index (χ2n) is 8.81. The van der Waals surface area contributed by atoms with E-state index in [-0.39, 0.29) is 0 Å². The van der Waals surface area contributed by atoms with Crippen molar-refractivity contribution in [2.45, 2.75) is 25.3 Å². The van der Waals surface area contributed by atoms with E-state index in [1.54, 1.807) is 7.11 Å². The molecule has 2 aromatic carbocycles. The summed E-state index contributed by atoms with van der Waals surface area (Å²) < 4.78 is 5.38. The maximum atomic E-state index is 5.38. The molecule has 2 aliphatic heterocycles. The van der Waals surface area contributed by atoms with E-state index in [1.807, 2.05) is 13.1 Å². The Bertz CT molecular complexity index is 866. The van der Waals surface area contributed by atoms with Crippen LogP contribution in [0.1, 0.15) is 30.9 Å². The molecule has 2 atom stereocenters. The van der Waals surface area contributed by atoms with Crippen LogP contribution < -0.4 is 20.3 Å². The molecule has 0 amide bonds. The Labute approximate surface area is 192 Å². The summed E-state index contributed by atoms with van der Waals surface area (Å²) in [7, 11) is 3.58. The van der Waals surface area contributed by atoms with Crippen molar-refractivity contribution in [1.82, 2.24) is 15.5 Å². The molecule has 4 rings (SSSR count). The number of anilines is 1. The minimum absolute atomic E-state index is 0.382. The van der Waals surface area contributed by atoms with Crippen LogP contribution in [0.3, 0.4) is 0 Å². The summed E-state index contributed by atoms with van der Waals surface area (Å²) in [6.07, 6.45) is 3.77. The first-order valence-corrected chi connectivity index (χ1v) is 11.9. The number of ether oxygens (including phenoxy) is 1. The van der Waals surface area contributed by atoms with Crippen LogP contribution in [0.15, 0.2) is 59.6 Å². The third-order valence-electron chi connectivity index (χ3n) is 6.71. The average Bonchev–Trinajstić information content (AvgIpc) is 3.55. The molecule has 2 aliphatic rings. The zero-order valence-electron chi connectivity index (χ0n) is 19.5. The van der Waals surface area contributed by atoms with Gasteiger partial charge >= 0.3 is 0 Å². The Morgan fingerprint density at radius 1 is 1.06 bits per heavy atom. The normalized spacial score (nSPS) is 20.4. The van der Waals surface area contributed by atoms with Gasteiger partial charge in [0.1, 0.15) is 5.75 Å². The van der Waals surface area contributed by atoms with Crippen LogP contribution in [-0.2, 0) is 0 Å². The molecular formula is C26H37N5O. The van der Waals surface area contributed by atoms with Crippen LogP contribution in [0, 0.1) is 5.92 Å². The highest BCUT2D eigenvalue weighted by atomic mass is 16.5. The van der Waals surface area contributed by atoms with Crippen molar-refractivity contribution in [3.8, 4) is 5.75 Å². The van der Waals surface area contributed by atoms with E-state index in [0.29, 0.717) is 12.0 Å². The summed E-state index contributed by atoms with van der Waals surface area (Å²) in [5, 5.41) is 7.17. The van der Waals surface area contributed by atoms with E-state index in [1.165, 1.54) is 43.6 Å². The van der Waals surface area contributed by atoms with Crippen LogP contribution >= 0.6 is 0 Å². The zero-order valence-corrected chi connectivity index (χ0v) is 19.5. The maximum Gasteiger partial charge on any atom is 0.191 e. The summed E-state index contributed by atoms with van der Waals surface area (Å²) in [5.74, 6) is 2.41. The van der Waals surface area contributed by atoms with E-state index in [9.17, 15) is 0 Å². The third kappa shape index (κ3) is 5.74. The largest absolute Gasteiger partial charge is 0.497 e. The highest BCUT2D eigenvalue weighted by Crippen LogP contribution is 2.27. The lowest BCUT2D eigenvalue weighted by atomic mass is 10.1. The first-order valence-electron chi connectivity index (χ1n) is 11.9. The van der Waals surface area contributed by atoms with E-state index in [2.05, 4.69) is 74.0 Å². The number of benzene rings is 2. The minimum Gasteiger partial charge on any atom is -0.497 e. The lowest BCUT2D eigenvalue weighted by molar-refractivity contribution is 0.245. The zero-order chi connectivity index (χ0) is 22.2. The number of nitrogens with one attached hydrogen (secondary N) is 2. The van der Waals surface area contributed by atoms with Crippen molar-refractivity contribution in [3.05, 3.63) is 60.2 Å². The SMILES string of the molecule is CN=C(NCC1CCN(c2cccc(OC)c2)C1)NCC(c1ccccc1)N1CCCC1. The number of nitrogens with zero attached hydrogens (tertiary/aromatic N) is 3. The van der Waals surface area contributed by atoms with Gasteiger partial charge in [-0.1, -0.05) is 36.4 Å². The molecule has 2 fully saturated rings. The van der Waals surface area contributed by atoms with Crippen molar-refractivity contribution in [3.63, 3.8) is 0 Å². The van der Waals surface area contributed by atoms with Crippen molar-refractivity contribution in [2.75, 3.05) is 58.3 Å². The maximum absolute atomic E-state index is 5.38.